The van der Waals surface area contributed by atoms with Crippen LogP contribution in [0.2, 0.25) is 0 Å². The first kappa shape index (κ1) is 27.4. The number of aromatic nitrogens is 3. The molecule has 2 aromatic heterocycles. The SMILES string of the molecule is COc1cc(N(C)CCN(C)C)c(N)cc1Nc1ncc(OCC(F)F)c(-c2cn3c4c(cccc24)CCC3)n1. The van der Waals surface area contributed by atoms with Crippen molar-refractivity contribution in [3.63, 3.8) is 0 Å². The predicted octanol–water partition coefficient (Wildman–Crippen LogP) is 5.02. The zero-order valence-corrected chi connectivity index (χ0v) is 23.2. The number of nitrogen functional groups attached to an aromatic ring is 1. The number of anilines is 4. The van der Waals surface area contributed by atoms with Gasteiger partial charge in [-0.2, -0.15) is 0 Å². The number of methoxy groups -OCH3 is 1. The summed E-state index contributed by atoms with van der Waals surface area (Å²) >= 11 is 0. The van der Waals surface area contributed by atoms with Crippen LogP contribution in [0.1, 0.15) is 12.0 Å². The first-order valence-corrected chi connectivity index (χ1v) is 13.2. The molecule has 4 aromatic rings. The van der Waals surface area contributed by atoms with Crippen molar-refractivity contribution in [3.8, 4) is 22.8 Å². The van der Waals surface area contributed by atoms with Gasteiger partial charge < -0.3 is 34.9 Å². The number of para-hydroxylation sites is 1. The Morgan fingerprint density at radius 3 is 2.73 bits per heavy atom. The van der Waals surface area contributed by atoms with E-state index in [1.807, 2.05) is 45.5 Å². The van der Waals surface area contributed by atoms with E-state index in [0.717, 1.165) is 54.6 Å². The Labute approximate surface area is 232 Å². The Hall–Kier alpha value is -4.12. The molecule has 2 aromatic carbocycles. The van der Waals surface area contributed by atoms with Gasteiger partial charge in [-0.25, -0.2) is 18.7 Å². The van der Waals surface area contributed by atoms with Gasteiger partial charge in [-0.15, -0.1) is 0 Å². The zero-order chi connectivity index (χ0) is 28.4. The summed E-state index contributed by atoms with van der Waals surface area (Å²) < 4.78 is 39.5. The molecule has 0 amide bonds. The van der Waals surface area contributed by atoms with Crippen LogP contribution < -0.4 is 25.4 Å². The van der Waals surface area contributed by atoms with Crippen LogP contribution >= 0.6 is 0 Å². The number of ether oxygens (including phenoxy) is 2. The Balaban J connectivity index is 1.53. The van der Waals surface area contributed by atoms with E-state index >= 15 is 0 Å². The van der Waals surface area contributed by atoms with Crippen molar-refractivity contribution in [2.24, 2.45) is 0 Å². The zero-order valence-electron chi connectivity index (χ0n) is 23.2. The average molecular weight is 552 g/mol. The summed E-state index contributed by atoms with van der Waals surface area (Å²) in [6.07, 6.45) is 2.85. The lowest BCUT2D eigenvalue weighted by molar-refractivity contribution is 0.0819. The van der Waals surface area contributed by atoms with E-state index in [1.54, 1.807) is 13.2 Å². The summed E-state index contributed by atoms with van der Waals surface area (Å²) in [5.74, 6) is 1.02. The molecule has 5 rings (SSSR count). The van der Waals surface area contributed by atoms with Gasteiger partial charge in [-0.05, 0) is 38.6 Å². The highest BCUT2D eigenvalue weighted by Crippen LogP contribution is 2.40. The van der Waals surface area contributed by atoms with Crippen LogP contribution in [0.25, 0.3) is 22.2 Å². The van der Waals surface area contributed by atoms with Crippen LogP contribution in [0.15, 0.2) is 42.7 Å². The lowest BCUT2D eigenvalue weighted by atomic mass is 10.0. The molecule has 0 atom stereocenters. The summed E-state index contributed by atoms with van der Waals surface area (Å²) in [6.45, 7) is 1.78. The molecule has 0 saturated heterocycles. The maximum atomic E-state index is 13.1. The fourth-order valence-corrected chi connectivity index (χ4v) is 5.10. The van der Waals surface area contributed by atoms with Crippen LogP contribution in [-0.4, -0.2) is 73.8 Å². The molecule has 0 spiro atoms. The standard InChI is InChI=1S/C29H35F2N7O2/c1-36(2)11-12-37(3)23-14-24(39-4)22(13-21(23)32)34-29-33-15-25(40-17-26(30)31)27(35-29)20-16-38-10-6-8-18-7-5-9-19(20)28(18)38/h5,7,9,13-16,26H,6,8,10-12,17,32H2,1-4H3,(H,33,34,35). The van der Waals surface area contributed by atoms with Crippen molar-refractivity contribution in [3.05, 3.63) is 48.3 Å². The number of nitrogens with two attached hydrogens (primary N) is 1. The maximum Gasteiger partial charge on any atom is 0.272 e. The van der Waals surface area contributed by atoms with Crippen LogP contribution in [0.4, 0.5) is 31.8 Å². The number of likely N-dealkylation sites (N-methyl/N-ethyl adjacent to an activating group) is 2. The van der Waals surface area contributed by atoms with E-state index in [4.69, 9.17) is 20.2 Å². The van der Waals surface area contributed by atoms with Gasteiger partial charge in [0.05, 0.1) is 35.9 Å². The van der Waals surface area contributed by atoms with Gasteiger partial charge in [0.2, 0.25) is 5.95 Å². The summed E-state index contributed by atoms with van der Waals surface area (Å²) in [7, 11) is 7.61. The van der Waals surface area contributed by atoms with Crippen molar-refractivity contribution < 1.29 is 18.3 Å². The highest BCUT2D eigenvalue weighted by Gasteiger charge is 2.22. The fraction of sp³-hybridized carbons (Fsp3) is 0.379. The number of nitrogens with zero attached hydrogens (tertiary/aromatic N) is 5. The van der Waals surface area contributed by atoms with Gasteiger partial charge in [0.25, 0.3) is 6.43 Å². The molecular weight excluding hydrogens is 516 g/mol. The van der Waals surface area contributed by atoms with E-state index in [2.05, 4.69) is 30.7 Å². The third kappa shape index (κ3) is 5.60. The second kappa shape index (κ2) is 11.5. The molecule has 0 unspecified atom stereocenters. The Morgan fingerprint density at radius 1 is 1.15 bits per heavy atom. The Morgan fingerprint density at radius 2 is 1.98 bits per heavy atom. The first-order valence-electron chi connectivity index (χ1n) is 13.2. The highest BCUT2D eigenvalue weighted by atomic mass is 19.3. The van der Waals surface area contributed by atoms with Gasteiger partial charge >= 0.3 is 0 Å². The minimum absolute atomic E-state index is 0.193. The number of alkyl halides is 2. The molecular formula is C29H35F2N7O2. The smallest absolute Gasteiger partial charge is 0.272 e. The van der Waals surface area contributed by atoms with Crippen LogP contribution in [-0.2, 0) is 13.0 Å². The van der Waals surface area contributed by atoms with Gasteiger partial charge in [0.15, 0.2) is 5.75 Å². The molecule has 1 aliphatic rings. The minimum Gasteiger partial charge on any atom is -0.494 e. The molecule has 0 fully saturated rings. The third-order valence-electron chi connectivity index (χ3n) is 7.09. The molecule has 0 aliphatic carbocycles. The number of hydrogen-bond acceptors (Lipinski definition) is 8. The van der Waals surface area contributed by atoms with E-state index in [-0.39, 0.29) is 11.7 Å². The monoisotopic (exact) mass is 551 g/mol. The third-order valence-corrected chi connectivity index (χ3v) is 7.09. The number of halogens is 2. The Bertz CT molecular complexity index is 1510. The molecule has 0 bridgehead atoms. The van der Waals surface area contributed by atoms with Crippen LogP contribution in [0, 0.1) is 0 Å². The van der Waals surface area contributed by atoms with Gasteiger partial charge in [0.1, 0.15) is 18.1 Å². The first-order chi connectivity index (χ1) is 19.2. The van der Waals surface area contributed by atoms with Crippen LogP contribution in [0.3, 0.4) is 0 Å². The van der Waals surface area contributed by atoms with Crippen molar-refractivity contribution in [1.29, 1.82) is 0 Å². The summed E-state index contributed by atoms with van der Waals surface area (Å²) in [6, 6.07) is 9.82. The van der Waals surface area contributed by atoms with Gasteiger partial charge in [-0.3, -0.25) is 0 Å². The second-order valence-electron chi connectivity index (χ2n) is 10.2. The van der Waals surface area contributed by atoms with Gasteiger partial charge in [-0.1, -0.05) is 18.2 Å². The molecule has 0 radical (unpaired) electrons. The van der Waals surface area contributed by atoms with Crippen molar-refractivity contribution in [2.75, 3.05) is 63.9 Å². The molecule has 1 aliphatic heterocycles. The summed E-state index contributed by atoms with van der Waals surface area (Å²) in [5.41, 5.74) is 12.1. The van der Waals surface area contributed by atoms with Crippen molar-refractivity contribution in [2.45, 2.75) is 25.8 Å². The summed E-state index contributed by atoms with van der Waals surface area (Å²) in [4.78, 5) is 13.3. The fourth-order valence-electron chi connectivity index (χ4n) is 5.10. The minimum atomic E-state index is -2.62. The van der Waals surface area contributed by atoms with E-state index in [0.29, 0.717) is 22.8 Å². The molecule has 3 N–H and O–H groups in total. The molecule has 212 valence electrons. The number of rotatable bonds is 11. The largest absolute Gasteiger partial charge is 0.494 e. The van der Waals surface area contributed by atoms with E-state index < -0.39 is 13.0 Å². The van der Waals surface area contributed by atoms with Crippen LogP contribution in [0.5, 0.6) is 11.5 Å². The predicted molar refractivity (Wildman–Crippen MR) is 155 cm³/mol. The molecule has 9 nitrogen and oxygen atoms in total. The maximum absolute atomic E-state index is 13.1. The molecule has 40 heavy (non-hydrogen) atoms. The van der Waals surface area contributed by atoms with Gasteiger partial charge in [0, 0.05) is 49.9 Å². The van der Waals surface area contributed by atoms with Crippen molar-refractivity contribution >= 4 is 33.9 Å². The number of hydrogen-bond donors (Lipinski definition) is 2. The second-order valence-corrected chi connectivity index (χ2v) is 10.2. The Kier molecular flexibility index (Phi) is 7.92. The lowest BCUT2D eigenvalue weighted by Gasteiger charge is -2.24. The topological polar surface area (TPSA) is 93.7 Å². The number of nitrogens with one attached hydrogen (secondary N) is 1. The average Bonchev–Trinajstić information content (AvgIpc) is 3.31. The summed E-state index contributed by atoms with van der Waals surface area (Å²) in [5, 5.41) is 4.21. The molecule has 0 saturated carbocycles. The molecule has 3 heterocycles. The quantitative estimate of drug-likeness (QED) is 0.251. The highest BCUT2D eigenvalue weighted by molar-refractivity contribution is 5.98. The van der Waals surface area contributed by atoms with Crippen molar-refractivity contribution in [1.82, 2.24) is 19.4 Å². The number of benzene rings is 2. The van der Waals surface area contributed by atoms with E-state index in [1.165, 1.54) is 11.8 Å². The lowest BCUT2D eigenvalue weighted by Crippen LogP contribution is -2.29. The number of aryl methyl sites for hydroxylation is 2. The van der Waals surface area contributed by atoms with E-state index in [9.17, 15) is 8.78 Å². The normalized spacial score (nSPS) is 12.8. The molecule has 11 heteroatoms.